The van der Waals surface area contributed by atoms with Gasteiger partial charge in [-0.2, -0.15) is 0 Å². The highest BCUT2D eigenvalue weighted by molar-refractivity contribution is 7.99. The standard InChI is InChI=1S/C18H16ClFN4OS/c1-11-3-6-16(12(2)7-11)24-10-21-23-18(24)26-9-17(25)22-15-8-13(19)4-5-14(15)20/h3-8,10H,9H2,1-2H3,(H,22,25). The fourth-order valence-electron chi connectivity index (χ4n) is 2.47. The Morgan fingerprint density at radius 3 is 2.85 bits per heavy atom. The number of nitrogens with one attached hydrogen (secondary N) is 1. The molecule has 0 atom stereocenters. The zero-order valence-corrected chi connectivity index (χ0v) is 15.7. The number of rotatable bonds is 5. The molecule has 134 valence electrons. The van der Waals surface area contributed by atoms with Gasteiger partial charge in [0.15, 0.2) is 5.16 Å². The van der Waals surface area contributed by atoms with Gasteiger partial charge < -0.3 is 5.32 Å². The Balaban J connectivity index is 1.70. The van der Waals surface area contributed by atoms with Crippen LogP contribution in [0.2, 0.25) is 5.02 Å². The molecule has 3 aromatic rings. The largest absolute Gasteiger partial charge is 0.323 e. The van der Waals surface area contributed by atoms with Crippen molar-refractivity contribution >= 4 is 35.0 Å². The lowest BCUT2D eigenvalue weighted by atomic mass is 10.1. The van der Waals surface area contributed by atoms with Gasteiger partial charge in [-0.25, -0.2) is 4.39 Å². The molecular weight excluding hydrogens is 375 g/mol. The van der Waals surface area contributed by atoms with E-state index < -0.39 is 5.82 Å². The first-order chi connectivity index (χ1) is 12.4. The van der Waals surface area contributed by atoms with Gasteiger partial charge in [-0.15, -0.1) is 10.2 Å². The van der Waals surface area contributed by atoms with Gasteiger partial charge in [-0.05, 0) is 43.7 Å². The van der Waals surface area contributed by atoms with Crippen LogP contribution in [0, 0.1) is 19.7 Å². The third kappa shape index (κ3) is 4.23. The van der Waals surface area contributed by atoms with Crippen molar-refractivity contribution in [3.63, 3.8) is 0 Å². The van der Waals surface area contributed by atoms with Gasteiger partial charge in [-0.1, -0.05) is 41.1 Å². The zero-order valence-electron chi connectivity index (χ0n) is 14.2. The van der Waals surface area contributed by atoms with Crippen LogP contribution in [0.25, 0.3) is 5.69 Å². The minimum absolute atomic E-state index is 0.0546. The van der Waals surface area contributed by atoms with Gasteiger partial charge >= 0.3 is 0 Å². The second-order valence-electron chi connectivity index (χ2n) is 5.73. The summed E-state index contributed by atoms with van der Waals surface area (Å²) in [6.45, 7) is 4.03. The van der Waals surface area contributed by atoms with E-state index in [1.54, 1.807) is 6.33 Å². The number of amides is 1. The fraction of sp³-hybridized carbons (Fsp3) is 0.167. The summed E-state index contributed by atoms with van der Waals surface area (Å²) in [5.41, 5.74) is 3.25. The van der Waals surface area contributed by atoms with Crippen LogP contribution in [0.1, 0.15) is 11.1 Å². The molecule has 3 rings (SSSR count). The van der Waals surface area contributed by atoms with Crippen molar-refractivity contribution in [2.75, 3.05) is 11.1 Å². The van der Waals surface area contributed by atoms with E-state index in [-0.39, 0.29) is 17.3 Å². The highest BCUT2D eigenvalue weighted by atomic mass is 35.5. The topological polar surface area (TPSA) is 59.8 Å². The summed E-state index contributed by atoms with van der Waals surface area (Å²) < 4.78 is 15.5. The van der Waals surface area contributed by atoms with Gasteiger partial charge in [0.25, 0.3) is 0 Å². The van der Waals surface area contributed by atoms with Crippen molar-refractivity contribution in [2.24, 2.45) is 0 Å². The Kier molecular flexibility index (Phi) is 5.58. The number of hydrogen-bond acceptors (Lipinski definition) is 4. The Bertz CT molecular complexity index is 960. The lowest BCUT2D eigenvalue weighted by Crippen LogP contribution is -2.15. The summed E-state index contributed by atoms with van der Waals surface area (Å²) in [6, 6.07) is 10.1. The second-order valence-corrected chi connectivity index (χ2v) is 7.11. The number of nitrogens with zero attached hydrogens (tertiary/aromatic N) is 3. The van der Waals surface area contributed by atoms with Gasteiger partial charge in [0.2, 0.25) is 5.91 Å². The van der Waals surface area contributed by atoms with Crippen LogP contribution in [0.4, 0.5) is 10.1 Å². The molecular formula is C18H16ClFN4OS. The van der Waals surface area contributed by atoms with E-state index in [0.717, 1.165) is 16.8 Å². The third-order valence-electron chi connectivity index (χ3n) is 3.66. The number of aromatic nitrogens is 3. The average molecular weight is 391 g/mol. The van der Waals surface area contributed by atoms with Crippen molar-refractivity contribution < 1.29 is 9.18 Å². The van der Waals surface area contributed by atoms with Gasteiger partial charge in [0, 0.05) is 5.02 Å². The maximum absolute atomic E-state index is 13.7. The van der Waals surface area contributed by atoms with Gasteiger partial charge in [0.1, 0.15) is 12.1 Å². The van der Waals surface area contributed by atoms with Crippen molar-refractivity contribution in [1.29, 1.82) is 0 Å². The van der Waals surface area contributed by atoms with Crippen LogP contribution in [0.5, 0.6) is 0 Å². The van der Waals surface area contributed by atoms with Crippen molar-refractivity contribution in [3.05, 3.63) is 64.7 Å². The first-order valence-electron chi connectivity index (χ1n) is 7.79. The summed E-state index contributed by atoms with van der Waals surface area (Å²) in [5.74, 6) is -0.826. The molecule has 0 spiro atoms. The lowest BCUT2D eigenvalue weighted by Gasteiger charge is -2.10. The molecule has 0 aliphatic rings. The lowest BCUT2D eigenvalue weighted by molar-refractivity contribution is -0.113. The molecule has 1 N–H and O–H groups in total. The Labute approximate surface area is 159 Å². The van der Waals surface area contributed by atoms with Crippen molar-refractivity contribution in [3.8, 4) is 5.69 Å². The van der Waals surface area contributed by atoms with Crippen molar-refractivity contribution in [1.82, 2.24) is 14.8 Å². The summed E-state index contributed by atoms with van der Waals surface area (Å²) in [7, 11) is 0. The Morgan fingerprint density at radius 1 is 1.27 bits per heavy atom. The summed E-state index contributed by atoms with van der Waals surface area (Å²) in [6.07, 6.45) is 1.61. The van der Waals surface area contributed by atoms with E-state index in [4.69, 9.17) is 11.6 Å². The van der Waals surface area contributed by atoms with E-state index in [1.807, 2.05) is 30.5 Å². The number of benzene rings is 2. The van der Waals surface area contributed by atoms with Crippen LogP contribution >= 0.6 is 23.4 Å². The maximum atomic E-state index is 13.7. The first-order valence-corrected chi connectivity index (χ1v) is 9.16. The number of halogens is 2. The first kappa shape index (κ1) is 18.4. The summed E-state index contributed by atoms with van der Waals surface area (Å²) in [5, 5.41) is 11.4. The predicted molar refractivity (Wildman–Crippen MR) is 102 cm³/mol. The molecule has 1 aromatic heterocycles. The molecule has 1 heterocycles. The van der Waals surface area contributed by atoms with Crippen LogP contribution in [0.15, 0.2) is 47.9 Å². The molecule has 5 nitrogen and oxygen atoms in total. The summed E-state index contributed by atoms with van der Waals surface area (Å²) in [4.78, 5) is 12.1. The minimum Gasteiger partial charge on any atom is -0.323 e. The van der Waals surface area contributed by atoms with Crippen LogP contribution in [-0.4, -0.2) is 26.4 Å². The monoisotopic (exact) mass is 390 g/mol. The van der Waals surface area contributed by atoms with E-state index in [9.17, 15) is 9.18 Å². The predicted octanol–water partition coefficient (Wildman–Crippen LogP) is 4.41. The number of carbonyl (C=O) groups excluding carboxylic acids is 1. The van der Waals surface area contributed by atoms with E-state index in [2.05, 4.69) is 21.6 Å². The molecule has 1 amide bonds. The van der Waals surface area contributed by atoms with E-state index in [0.29, 0.717) is 10.2 Å². The molecule has 0 fully saturated rings. The van der Waals surface area contributed by atoms with Crippen molar-refractivity contribution in [2.45, 2.75) is 19.0 Å². The number of thioether (sulfide) groups is 1. The van der Waals surface area contributed by atoms with Crippen LogP contribution in [-0.2, 0) is 4.79 Å². The Morgan fingerprint density at radius 2 is 2.08 bits per heavy atom. The number of carbonyl (C=O) groups is 1. The quantitative estimate of drug-likeness (QED) is 0.655. The molecule has 0 bridgehead atoms. The summed E-state index contributed by atoms with van der Waals surface area (Å²) >= 11 is 7.05. The molecule has 0 unspecified atom stereocenters. The molecule has 8 heteroatoms. The molecule has 0 aliphatic heterocycles. The zero-order chi connectivity index (χ0) is 18.7. The maximum Gasteiger partial charge on any atom is 0.234 e. The molecule has 0 aliphatic carbocycles. The Hall–Kier alpha value is -2.38. The smallest absolute Gasteiger partial charge is 0.234 e. The molecule has 26 heavy (non-hydrogen) atoms. The van der Waals surface area contributed by atoms with Crippen LogP contribution in [0.3, 0.4) is 0 Å². The number of anilines is 1. The van der Waals surface area contributed by atoms with Crippen LogP contribution < -0.4 is 5.32 Å². The normalized spacial score (nSPS) is 10.8. The molecule has 0 saturated carbocycles. The highest BCUT2D eigenvalue weighted by Crippen LogP contribution is 2.24. The average Bonchev–Trinajstić information content (AvgIpc) is 3.04. The van der Waals surface area contributed by atoms with Gasteiger partial charge in [0.05, 0.1) is 17.1 Å². The molecule has 0 saturated heterocycles. The van der Waals surface area contributed by atoms with E-state index in [1.165, 1.54) is 30.0 Å². The molecule has 0 radical (unpaired) electrons. The van der Waals surface area contributed by atoms with E-state index >= 15 is 0 Å². The minimum atomic E-state index is -0.536. The highest BCUT2D eigenvalue weighted by Gasteiger charge is 2.13. The third-order valence-corrected chi connectivity index (χ3v) is 4.84. The second kappa shape index (κ2) is 7.88. The molecule has 2 aromatic carbocycles. The number of aryl methyl sites for hydroxylation is 2. The fourth-order valence-corrected chi connectivity index (χ4v) is 3.37. The number of hydrogen-bond donors (Lipinski definition) is 1. The van der Waals surface area contributed by atoms with Gasteiger partial charge in [-0.3, -0.25) is 9.36 Å². The SMILES string of the molecule is Cc1ccc(-n2cnnc2SCC(=O)Nc2cc(Cl)ccc2F)c(C)c1.